The highest BCUT2D eigenvalue weighted by Crippen LogP contribution is 2.37. The van der Waals surface area contributed by atoms with Crippen molar-refractivity contribution < 1.29 is 31.8 Å². The Balaban J connectivity index is 1.72. The van der Waals surface area contributed by atoms with Crippen LogP contribution < -0.4 is 13.3 Å². The van der Waals surface area contributed by atoms with E-state index >= 15 is 0 Å². The number of ether oxygens (including phenoxy) is 2. The van der Waals surface area contributed by atoms with Gasteiger partial charge in [0.05, 0.1) is 58.0 Å². The van der Waals surface area contributed by atoms with Crippen LogP contribution in [-0.2, 0) is 33.7 Å². The number of anilines is 4. The minimum absolute atomic E-state index is 0.0162. The molecule has 0 fully saturated rings. The maximum atomic E-state index is 12.8. The van der Waals surface area contributed by atoms with E-state index in [1.807, 2.05) is 32.9 Å². The van der Waals surface area contributed by atoms with Crippen molar-refractivity contribution in [3.63, 3.8) is 0 Å². The summed E-state index contributed by atoms with van der Waals surface area (Å²) < 4.78 is 62.4. The van der Waals surface area contributed by atoms with Gasteiger partial charge >= 0.3 is 5.97 Å². The molecule has 4 aromatic rings. The Labute approximate surface area is 250 Å². The first-order chi connectivity index (χ1) is 20.1. The molecule has 0 aliphatic carbocycles. The summed E-state index contributed by atoms with van der Waals surface area (Å²) in [6.07, 6.45) is 1.34. The lowest BCUT2D eigenvalue weighted by molar-refractivity contribution is 0.0601. The van der Waals surface area contributed by atoms with Gasteiger partial charge in [-0.05, 0) is 86.5 Å². The fourth-order valence-corrected chi connectivity index (χ4v) is 5.68. The van der Waals surface area contributed by atoms with E-state index in [9.17, 15) is 22.3 Å². The molecular formula is C31H30N2O7S2-2. The van der Waals surface area contributed by atoms with Crippen LogP contribution in [0.4, 0.5) is 22.7 Å². The second kappa shape index (κ2) is 13.8. The number of methoxy groups -OCH3 is 1. The zero-order valence-corrected chi connectivity index (χ0v) is 25.2. The predicted molar refractivity (Wildman–Crippen MR) is 163 cm³/mol. The largest absolute Gasteiger partial charge is 0.755 e. The number of carbonyl (C=O) groups is 1. The van der Waals surface area contributed by atoms with Gasteiger partial charge in [0.25, 0.3) is 0 Å². The van der Waals surface area contributed by atoms with Gasteiger partial charge < -0.3 is 18.6 Å². The zero-order valence-electron chi connectivity index (χ0n) is 23.6. The monoisotopic (exact) mass is 606 g/mol. The van der Waals surface area contributed by atoms with Crippen LogP contribution in [0.2, 0.25) is 0 Å². The minimum Gasteiger partial charge on any atom is -0.755 e. The van der Waals surface area contributed by atoms with Crippen LogP contribution in [0.3, 0.4) is 0 Å². The van der Waals surface area contributed by atoms with Crippen molar-refractivity contribution in [3.8, 4) is 11.5 Å². The average Bonchev–Trinajstić information content (AvgIpc) is 2.96. The summed E-state index contributed by atoms with van der Waals surface area (Å²) in [5, 5.41) is 0. The highest BCUT2D eigenvalue weighted by atomic mass is 32.2. The highest BCUT2D eigenvalue weighted by molar-refractivity contribution is 7.81. The van der Waals surface area contributed by atoms with Gasteiger partial charge in [0.15, 0.2) is 0 Å². The second-order valence-electron chi connectivity index (χ2n) is 9.51. The molecule has 0 aliphatic rings. The van der Waals surface area contributed by atoms with Crippen molar-refractivity contribution in [1.29, 1.82) is 0 Å². The van der Waals surface area contributed by atoms with Gasteiger partial charge in [-0.15, -0.1) is 0 Å². The number of esters is 1. The number of hydrogen-bond acceptors (Lipinski definition) is 7. The van der Waals surface area contributed by atoms with Crippen LogP contribution in [0.15, 0.2) is 84.9 Å². The first-order valence-electron chi connectivity index (χ1n) is 13.1. The van der Waals surface area contributed by atoms with E-state index in [0.29, 0.717) is 29.2 Å². The van der Waals surface area contributed by atoms with Crippen molar-refractivity contribution in [1.82, 2.24) is 0 Å². The average molecular weight is 607 g/mol. The third-order valence-corrected chi connectivity index (χ3v) is 7.86. The van der Waals surface area contributed by atoms with Crippen molar-refractivity contribution >= 4 is 51.3 Å². The summed E-state index contributed by atoms with van der Waals surface area (Å²) in [5.41, 5.74) is 4.14. The second-order valence-corrected chi connectivity index (χ2v) is 11.1. The third-order valence-electron chi connectivity index (χ3n) is 6.45. The molecule has 4 rings (SSSR count). The molecule has 2 unspecified atom stereocenters. The van der Waals surface area contributed by atoms with Crippen LogP contribution in [0.1, 0.15) is 40.4 Å². The van der Waals surface area contributed by atoms with E-state index in [1.165, 1.54) is 23.5 Å². The summed E-state index contributed by atoms with van der Waals surface area (Å²) in [6.45, 7) is 5.80. The van der Waals surface area contributed by atoms with Crippen molar-refractivity contribution in [2.24, 2.45) is 0 Å². The molecule has 0 amide bonds. The summed E-state index contributed by atoms with van der Waals surface area (Å²) in [5.74, 6) is -0.0709. The lowest BCUT2D eigenvalue weighted by Gasteiger charge is -2.29. The number of benzene rings is 4. The Hall–Kier alpha value is -4.03. The predicted octanol–water partition coefficient (Wildman–Crippen LogP) is 6.70. The van der Waals surface area contributed by atoms with E-state index in [2.05, 4.69) is 0 Å². The Morgan fingerprint density at radius 2 is 1.21 bits per heavy atom. The summed E-state index contributed by atoms with van der Waals surface area (Å²) in [6, 6.07) is 23.5. The van der Waals surface area contributed by atoms with E-state index in [1.54, 1.807) is 60.7 Å². The van der Waals surface area contributed by atoms with Crippen LogP contribution >= 0.6 is 0 Å². The molecule has 2 atom stereocenters. The Morgan fingerprint density at radius 3 is 1.69 bits per heavy atom. The van der Waals surface area contributed by atoms with E-state index in [4.69, 9.17) is 9.47 Å². The van der Waals surface area contributed by atoms with Gasteiger partial charge in [-0.3, -0.25) is 17.0 Å². The molecular weight excluding hydrogens is 576 g/mol. The summed E-state index contributed by atoms with van der Waals surface area (Å²) in [4.78, 5) is 12.8. The number of nitrogens with zero attached hydrogens (tertiary/aromatic N) is 2. The van der Waals surface area contributed by atoms with Gasteiger partial charge in [0.2, 0.25) is 0 Å². The van der Waals surface area contributed by atoms with Crippen molar-refractivity contribution in [2.75, 3.05) is 15.7 Å². The zero-order chi connectivity index (χ0) is 30.4. The molecule has 0 aromatic heterocycles. The normalized spacial score (nSPS) is 12.3. The molecule has 0 radical (unpaired) electrons. The highest BCUT2D eigenvalue weighted by Gasteiger charge is 2.22. The van der Waals surface area contributed by atoms with Crippen LogP contribution in [0.5, 0.6) is 11.5 Å². The number of rotatable bonds is 11. The Bertz CT molecular complexity index is 1610. The van der Waals surface area contributed by atoms with Gasteiger partial charge in [-0.1, -0.05) is 48.7 Å². The molecule has 11 heteroatoms. The SMILES string of the molecule is CCCc1cc(Oc2ccc(N(c3ccc(C)cc3)S(=O)[O-])c(C(=O)OC)c2)ccc1N(c1ccc(C)cc1)S(=O)[O-]. The molecule has 220 valence electrons. The summed E-state index contributed by atoms with van der Waals surface area (Å²) >= 11 is -5.31. The van der Waals surface area contributed by atoms with Gasteiger partial charge in [-0.2, -0.15) is 0 Å². The molecule has 9 nitrogen and oxygen atoms in total. The van der Waals surface area contributed by atoms with E-state index in [0.717, 1.165) is 27.4 Å². The third kappa shape index (κ3) is 7.05. The van der Waals surface area contributed by atoms with E-state index < -0.39 is 28.5 Å². The maximum absolute atomic E-state index is 12.8. The molecule has 0 heterocycles. The Kier molecular flexibility index (Phi) is 10.1. The lowest BCUT2D eigenvalue weighted by Crippen LogP contribution is -2.22. The molecule has 0 bridgehead atoms. The lowest BCUT2D eigenvalue weighted by atomic mass is 10.1. The van der Waals surface area contributed by atoms with Gasteiger partial charge in [0, 0.05) is 0 Å². The van der Waals surface area contributed by atoms with Crippen LogP contribution in [0.25, 0.3) is 0 Å². The quantitative estimate of drug-likeness (QED) is 0.138. The molecule has 0 N–H and O–H groups in total. The standard InChI is InChI=1S/C31H32N2O7S2/c1-5-6-23-19-26(15-17-29(23)32(41(35)36)24-11-7-21(2)8-12-24)40-27-16-18-30(28(20-27)31(34)39-4)33(42(37)38)25-13-9-22(3)10-14-25/h7-20H,5-6H2,1-4H3,(H,35,36)(H,37,38)/p-2. The summed E-state index contributed by atoms with van der Waals surface area (Å²) in [7, 11) is 1.21. The number of aryl methyl sites for hydroxylation is 3. The van der Waals surface area contributed by atoms with E-state index in [-0.39, 0.29) is 17.0 Å². The molecule has 0 saturated carbocycles. The molecule has 4 aromatic carbocycles. The van der Waals surface area contributed by atoms with Gasteiger partial charge in [0.1, 0.15) is 11.5 Å². The van der Waals surface area contributed by atoms with Crippen molar-refractivity contribution in [2.45, 2.75) is 33.6 Å². The fourth-order valence-electron chi connectivity index (χ4n) is 4.43. The van der Waals surface area contributed by atoms with Crippen molar-refractivity contribution in [3.05, 3.63) is 107 Å². The van der Waals surface area contributed by atoms with Gasteiger partial charge in [-0.25, -0.2) is 4.79 Å². The molecule has 0 spiro atoms. The first-order valence-corrected chi connectivity index (χ1v) is 15.1. The molecule has 0 saturated heterocycles. The number of carbonyl (C=O) groups excluding carboxylic acids is 1. The fraction of sp³-hybridized carbons (Fsp3) is 0.194. The maximum Gasteiger partial charge on any atom is 0.340 e. The first kappa shape index (κ1) is 30.9. The van der Waals surface area contributed by atoms with Crippen LogP contribution in [0, 0.1) is 13.8 Å². The molecule has 42 heavy (non-hydrogen) atoms. The Morgan fingerprint density at radius 1 is 0.738 bits per heavy atom. The smallest absolute Gasteiger partial charge is 0.340 e. The minimum atomic E-state index is -2.74. The van der Waals surface area contributed by atoms with Crippen LogP contribution in [-0.4, -0.2) is 30.6 Å². The number of hydrogen-bond donors (Lipinski definition) is 0. The molecule has 0 aliphatic heterocycles. The topological polar surface area (TPSA) is 122 Å².